The molecular formula is C54H73N15O9S. The Balaban J connectivity index is 0.984. The summed E-state index contributed by atoms with van der Waals surface area (Å²) in [6.45, 7) is 8.98. The van der Waals surface area contributed by atoms with Gasteiger partial charge < -0.3 is 63.6 Å². The van der Waals surface area contributed by atoms with Crippen LogP contribution in [0.1, 0.15) is 76.4 Å². The highest BCUT2D eigenvalue weighted by Crippen LogP contribution is 2.27. The number of amides is 9. The predicted molar refractivity (Wildman–Crippen MR) is 297 cm³/mol. The molecule has 1 fully saturated rings. The van der Waals surface area contributed by atoms with Crippen LogP contribution in [0.2, 0.25) is 0 Å². The van der Waals surface area contributed by atoms with Crippen LogP contribution in [-0.2, 0) is 69.0 Å². The maximum absolute atomic E-state index is 14.3. The van der Waals surface area contributed by atoms with Gasteiger partial charge in [0.2, 0.25) is 53.2 Å². The van der Waals surface area contributed by atoms with E-state index in [2.05, 4.69) is 62.5 Å². The second-order valence-corrected chi connectivity index (χ2v) is 22.1. The monoisotopic (exact) mass is 1110 g/mol. The molecule has 2 aromatic carbocycles. The summed E-state index contributed by atoms with van der Waals surface area (Å²) in [6, 6.07) is 7.37. The minimum absolute atomic E-state index is 0.0440. The number of para-hydroxylation sites is 2. The molecule has 9 amide bonds. The number of nitrogens with one attached hydrogen (secondary N) is 11. The summed E-state index contributed by atoms with van der Waals surface area (Å²) >= 11 is 1.58. The molecule has 2 aliphatic rings. The van der Waals surface area contributed by atoms with Crippen LogP contribution in [0.3, 0.4) is 0 Å². The lowest BCUT2D eigenvalue weighted by molar-refractivity contribution is -0.135. The van der Waals surface area contributed by atoms with Gasteiger partial charge in [-0.2, -0.15) is 0 Å². The van der Waals surface area contributed by atoms with Crippen molar-refractivity contribution in [3.05, 3.63) is 89.8 Å². The Labute approximate surface area is 461 Å². The van der Waals surface area contributed by atoms with Gasteiger partial charge in [-0.25, -0.2) is 4.98 Å². The molecule has 0 bridgehead atoms. The van der Waals surface area contributed by atoms with Crippen molar-refractivity contribution in [2.45, 2.75) is 128 Å². The standard InChI is InChI=1S/C54H73N15O9S/c1-28(2)16-33(24-69-27-79-25-44(69)48(56)72)63-53(77)42(18-32-21-57-26-61-32)65-46(71)23-60-54(78)47(29(3)4)68-49(73)30(5)62-52(76)41(17-31-20-58-37-12-8-6-10-34(31)37)67-50(74)39(14-15-45(55)70)66-51(75)40-19-36-35-11-7-9-13-38(35)64-43(36)22-59-40/h6-13,20-21,26,28-30,33,39-42,44,47,58-59,64H,14-19,22-25,27H2,1-5H3,(H2,55,70)(H2,56,72)(H,57,61)(H,60,78)(H,62,76)(H,63,77)(H,65,71)(H,66,75)(H,67,74)(H,68,73). The third-order valence-electron chi connectivity index (χ3n) is 14.1. The van der Waals surface area contributed by atoms with Gasteiger partial charge in [0, 0.05) is 95.6 Å². The first-order chi connectivity index (χ1) is 37.7. The molecule has 2 aliphatic heterocycles. The lowest BCUT2D eigenvalue weighted by Crippen LogP contribution is -2.60. The number of H-pyrrole nitrogens is 3. The number of fused-ring (bicyclic) bond motifs is 4. The molecule has 8 unspecified atom stereocenters. The molecule has 0 saturated carbocycles. The Bertz CT molecular complexity index is 2990. The van der Waals surface area contributed by atoms with E-state index in [9.17, 15) is 43.2 Å². The van der Waals surface area contributed by atoms with Crippen molar-refractivity contribution in [2.24, 2.45) is 23.3 Å². The molecule has 79 heavy (non-hydrogen) atoms. The highest BCUT2D eigenvalue weighted by Gasteiger charge is 2.36. The first-order valence-corrected chi connectivity index (χ1v) is 27.7. The summed E-state index contributed by atoms with van der Waals surface area (Å²) in [4.78, 5) is 137. The van der Waals surface area contributed by atoms with Crippen LogP contribution < -0.4 is 54.0 Å². The van der Waals surface area contributed by atoms with Crippen LogP contribution in [0.15, 0.2) is 67.3 Å². The molecule has 0 aliphatic carbocycles. The molecular weight excluding hydrogens is 1030 g/mol. The van der Waals surface area contributed by atoms with Crippen molar-refractivity contribution in [3.8, 4) is 0 Å². The highest BCUT2D eigenvalue weighted by molar-refractivity contribution is 7.99. The summed E-state index contributed by atoms with van der Waals surface area (Å²) < 4.78 is 0. The van der Waals surface area contributed by atoms with Gasteiger partial charge in [0.25, 0.3) is 0 Å². The maximum atomic E-state index is 14.3. The number of primary amides is 2. The fourth-order valence-electron chi connectivity index (χ4n) is 9.95. The molecule has 0 spiro atoms. The van der Waals surface area contributed by atoms with Crippen molar-refractivity contribution in [3.63, 3.8) is 0 Å². The van der Waals surface area contributed by atoms with Crippen molar-refractivity contribution < 1.29 is 43.2 Å². The average molecular weight is 1110 g/mol. The van der Waals surface area contributed by atoms with Crippen molar-refractivity contribution in [1.29, 1.82) is 0 Å². The molecule has 0 radical (unpaired) electrons. The van der Waals surface area contributed by atoms with Crippen LogP contribution in [0.5, 0.6) is 0 Å². The van der Waals surface area contributed by atoms with Crippen LogP contribution in [0, 0.1) is 11.8 Å². The average Bonchev–Trinajstić information content (AvgIpc) is 4.26. The lowest BCUT2D eigenvalue weighted by atomic mass is 9.97. The largest absolute Gasteiger partial charge is 0.370 e. The number of hydrogen-bond acceptors (Lipinski definition) is 13. The summed E-state index contributed by atoms with van der Waals surface area (Å²) in [5.41, 5.74) is 16.0. The van der Waals surface area contributed by atoms with E-state index in [1.165, 1.54) is 19.4 Å². The Morgan fingerprint density at radius 3 is 2.15 bits per heavy atom. The summed E-state index contributed by atoms with van der Waals surface area (Å²) in [7, 11) is 0. The van der Waals surface area contributed by atoms with Gasteiger partial charge in [-0.1, -0.05) is 64.1 Å². The normalized spacial score (nSPS) is 17.7. The second kappa shape index (κ2) is 27.2. The van der Waals surface area contributed by atoms with E-state index in [1.54, 1.807) is 31.8 Å². The van der Waals surface area contributed by atoms with Gasteiger partial charge in [0.1, 0.15) is 30.2 Å². The zero-order valence-corrected chi connectivity index (χ0v) is 45.9. The molecule has 5 aromatic rings. The summed E-state index contributed by atoms with van der Waals surface area (Å²) in [6.07, 6.45) is 5.15. The van der Waals surface area contributed by atoms with Crippen LogP contribution >= 0.6 is 11.8 Å². The summed E-state index contributed by atoms with van der Waals surface area (Å²) in [5.74, 6) is -5.02. The zero-order valence-electron chi connectivity index (χ0n) is 45.0. The van der Waals surface area contributed by atoms with E-state index in [4.69, 9.17) is 11.5 Å². The third-order valence-corrected chi connectivity index (χ3v) is 15.2. The van der Waals surface area contributed by atoms with Crippen molar-refractivity contribution >= 4 is 86.7 Å². The molecule has 3 aromatic heterocycles. The molecule has 15 N–H and O–H groups in total. The Morgan fingerprint density at radius 2 is 1.46 bits per heavy atom. The van der Waals surface area contributed by atoms with E-state index in [1.807, 2.05) is 67.3 Å². The summed E-state index contributed by atoms with van der Waals surface area (Å²) in [5, 5.41) is 24.2. The van der Waals surface area contributed by atoms with E-state index in [-0.39, 0.29) is 37.6 Å². The first-order valence-electron chi connectivity index (χ1n) is 26.6. The van der Waals surface area contributed by atoms with E-state index >= 15 is 0 Å². The van der Waals surface area contributed by atoms with Crippen molar-refractivity contribution in [1.82, 2.24) is 67.4 Å². The first kappa shape index (κ1) is 58.9. The van der Waals surface area contributed by atoms with Gasteiger partial charge in [0.05, 0.1) is 25.0 Å². The van der Waals surface area contributed by atoms with E-state index in [0.29, 0.717) is 48.8 Å². The number of benzene rings is 2. The van der Waals surface area contributed by atoms with Crippen LogP contribution in [0.4, 0.5) is 0 Å². The van der Waals surface area contributed by atoms with E-state index < -0.39 is 108 Å². The number of nitrogens with zero attached hydrogens (tertiary/aromatic N) is 2. The molecule has 424 valence electrons. The number of carbonyl (C=O) groups is 9. The molecule has 5 heterocycles. The van der Waals surface area contributed by atoms with Crippen LogP contribution in [0.25, 0.3) is 21.8 Å². The molecule has 7 rings (SSSR count). The van der Waals surface area contributed by atoms with E-state index in [0.717, 1.165) is 33.1 Å². The number of carbonyl (C=O) groups excluding carboxylic acids is 9. The fraction of sp³-hybridized carbons (Fsp3) is 0.481. The second-order valence-electron chi connectivity index (χ2n) is 21.1. The van der Waals surface area contributed by atoms with Gasteiger partial charge in [-0.05, 0) is 61.3 Å². The van der Waals surface area contributed by atoms with Crippen molar-refractivity contribution in [2.75, 3.05) is 24.7 Å². The minimum atomic E-state index is -1.32. The molecule has 8 atom stereocenters. The number of thioether (sulfide) groups is 1. The smallest absolute Gasteiger partial charge is 0.243 e. The maximum Gasteiger partial charge on any atom is 0.243 e. The van der Waals surface area contributed by atoms with Gasteiger partial charge >= 0.3 is 0 Å². The highest BCUT2D eigenvalue weighted by atomic mass is 32.2. The molecule has 25 heteroatoms. The molecule has 1 saturated heterocycles. The number of imidazole rings is 1. The topological polar surface area (TPSA) is 365 Å². The fourth-order valence-corrected chi connectivity index (χ4v) is 11.2. The van der Waals surface area contributed by atoms with Crippen LogP contribution in [-0.4, -0.2) is 151 Å². The number of nitrogens with two attached hydrogens (primary N) is 2. The predicted octanol–water partition coefficient (Wildman–Crippen LogP) is -0.255. The number of rotatable bonds is 27. The van der Waals surface area contributed by atoms with Gasteiger partial charge in [-0.3, -0.25) is 53.4 Å². The van der Waals surface area contributed by atoms with Gasteiger partial charge in [0.15, 0.2) is 0 Å². The minimum Gasteiger partial charge on any atom is -0.370 e. The third kappa shape index (κ3) is 15.9. The zero-order chi connectivity index (χ0) is 56.9. The molecule has 24 nitrogen and oxygen atoms in total. The number of hydrogen-bond donors (Lipinski definition) is 13. The Kier molecular flexibility index (Phi) is 20.3. The quantitative estimate of drug-likeness (QED) is 0.0323. The van der Waals surface area contributed by atoms with Gasteiger partial charge in [-0.15, -0.1) is 11.8 Å². The number of aromatic amines is 3. The number of aromatic nitrogens is 4. The SMILES string of the molecule is CC(C)CC(CN1CSCC1C(N)=O)NC(=O)C(Cc1cnc[nH]1)NC(=O)CNC(=O)C(NC(=O)C(C)NC(=O)C(Cc1c[nH]c2ccccc12)NC(=O)C(CCC(N)=O)NC(=O)C1Cc2c([nH]c3ccccc23)CN1)C(C)C. The lowest BCUT2D eigenvalue weighted by Gasteiger charge is -2.30. The Morgan fingerprint density at radius 1 is 0.759 bits per heavy atom. The Hall–Kier alpha value is -7.77.